The lowest BCUT2D eigenvalue weighted by Gasteiger charge is -2.17. The molecule has 1 aromatic rings. The summed E-state index contributed by atoms with van der Waals surface area (Å²) in [5, 5.41) is 2.80. The van der Waals surface area contributed by atoms with Crippen LogP contribution in [-0.2, 0) is 0 Å². The molecule has 0 heterocycles. The zero-order valence-corrected chi connectivity index (χ0v) is 13.4. The lowest BCUT2D eigenvalue weighted by Crippen LogP contribution is -2.25. The Labute approximate surface area is 126 Å². The van der Waals surface area contributed by atoms with Gasteiger partial charge < -0.3 is 16.0 Å². The third-order valence-electron chi connectivity index (χ3n) is 3.17. The Balaban J connectivity index is 2.64. The van der Waals surface area contributed by atoms with Crippen molar-refractivity contribution in [2.75, 3.05) is 37.7 Å². The number of anilines is 1. The molecule has 1 aromatic carbocycles. The summed E-state index contributed by atoms with van der Waals surface area (Å²) in [5.74, 6) is 0.933. The number of amides is 1. The van der Waals surface area contributed by atoms with Gasteiger partial charge in [-0.05, 0) is 38.2 Å². The molecule has 0 saturated carbocycles. The molecule has 0 radical (unpaired) electrons. The van der Waals surface area contributed by atoms with Crippen LogP contribution < -0.4 is 11.1 Å². The molecule has 0 aliphatic carbocycles. The van der Waals surface area contributed by atoms with Gasteiger partial charge in [-0.15, -0.1) is 11.8 Å². The van der Waals surface area contributed by atoms with Crippen molar-refractivity contribution in [3.8, 4) is 0 Å². The summed E-state index contributed by atoms with van der Waals surface area (Å²) in [7, 11) is 0. The number of benzene rings is 1. The van der Waals surface area contributed by atoms with Crippen LogP contribution >= 0.6 is 11.8 Å². The summed E-state index contributed by atoms with van der Waals surface area (Å²) in [6.45, 7) is 10.0. The average molecular weight is 295 g/mol. The van der Waals surface area contributed by atoms with E-state index < -0.39 is 0 Å². The molecule has 0 aliphatic heterocycles. The van der Waals surface area contributed by atoms with Crippen LogP contribution in [0.5, 0.6) is 0 Å². The SMILES string of the molecule is CCNC(=O)c1ccc(N)c(SCCN(CC)CC)c1. The van der Waals surface area contributed by atoms with Crippen molar-refractivity contribution in [1.29, 1.82) is 0 Å². The highest BCUT2D eigenvalue weighted by molar-refractivity contribution is 7.99. The number of hydrogen-bond donors (Lipinski definition) is 2. The first-order chi connectivity index (χ1) is 9.62. The Morgan fingerprint density at radius 1 is 1.30 bits per heavy atom. The molecule has 0 atom stereocenters. The lowest BCUT2D eigenvalue weighted by atomic mass is 10.2. The standard InChI is InChI=1S/C15H25N3OS/c1-4-17-15(19)12-7-8-13(16)14(11-12)20-10-9-18(5-2)6-3/h7-8,11H,4-6,9-10,16H2,1-3H3,(H,17,19). The normalized spacial score (nSPS) is 10.8. The number of carbonyl (C=O) groups excluding carboxylic acids is 1. The van der Waals surface area contributed by atoms with E-state index in [4.69, 9.17) is 5.73 Å². The van der Waals surface area contributed by atoms with Crippen molar-refractivity contribution in [1.82, 2.24) is 10.2 Å². The molecule has 5 heteroatoms. The smallest absolute Gasteiger partial charge is 0.251 e. The fourth-order valence-electron chi connectivity index (χ4n) is 1.89. The topological polar surface area (TPSA) is 58.4 Å². The van der Waals surface area contributed by atoms with Gasteiger partial charge in [0.1, 0.15) is 0 Å². The van der Waals surface area contributed by atoms with Gasteiger partial charge in [0.05, 0.1) is 0 Å². The third kappa shape index (κ3) is 5.06. The van der Waals surface area contributed by atoms with Crippen molar-refractivity contribution in [3.63, 3.8) is 0 Å². The van der Waals surface area contributed by atoms with Crippen LogP contribution in [-0.4, -0.2) is 42.7 Å². The van der Waals surface area contributed by atoms with Crippen LogP contribution in [0.3, 0.4) is 0 Å². The minimum Gasteiger partial charge on any atom is -0.398 e. The first-order valence-electron chi connectivity index (χ1n) is 7.15. The van der Waals surface area contributed by atoms with Crippen LogP contribution in [0.4, 0.5) is 5.69 Å². The van der Waals surface area contributed by atoms with E-state index in [0.29, 0.717) is 12.1 Å². The van der Waals surface area contributed by atoms with Crippen LogP contribution in [0.15, 0.2) is 23.1 Å². The second kappa shape index (κ2) is 8.87. The van der Waals surface area contributed by atoms with Crippen molar-refractivity contribution >= 4 is 23.4 Å². The van der Waals surface area contributed by atoms with E-state index in [2.05, 4.69) is 24.1 Å². The van der Waals surface area contributed by atoms with Crippen LogP contribution in [0.25, 0.3) is 0 Å². The Hall–Kier alpha value is -1.20. The maximum Gasteiger partial charge on any atom is 0.251 e. The Bertz CT molecular complexity index is 433. The Morgan fingerprint density at radius 2 is 2.00 bits per heavy atom. The van der Waals surface area contributed by atoms with Gasteiger partial charge >= 0.3 is 0 Å². The zero-order chi connectivity index (χ0) is 15.0. The van der Waals surface area contributed by atoms with Crippen molar-refractivity contribution in [2.24, 2.45) is 0 Å². The molecule has 1 amide bonds. The van der Waals surface area contributed by atoms with E-state index in [-0.39, 0.29) is 5.91 Å². The van der Waals surface area contributed by atoms with Gasteiger partial charge in [-0.3, -0.25) is 4.79 Å². The highest BCUT2D eigenvalue weighted by Gasteiger charge is 2.08. The van der Waals surface area contributed by atoms with Gasteiger partial charge in [0.2, 0.25) is 0 Å². The number of nitrogens with one attached hydrogen (secondary N) is 1. The maximum absolute atomic E-state index is 11.8. The van der Waals surface area contributed by atoms with Crippen molar-refractivity contribution in [2.45, 2.75) is 25.7 Å². The van der Waals surface area contributed by atoms with Crippen molar-refractivity contribution < 1.29 is 4.79 Å². The number of nitrogens with two attached hydrogens (primary N) is 1. The molecule has 4 nitrogen and oxygen atoms in total. The van der Waals surface area contributed by atoms with E-state index in [0.717, 1.165) is 36.0 Å². The summed E-state index contributed by atoms with van der Waals surface area (Å²) in [5.41, 5.74) is 7.39. The van der Waals surface area contributed by atoms with Gasteiger partial charge in [0, 0.05) is 35.0 Å². The van der Waals surface area contributed by atoms with Crippen molar-refractivity contribution in [3.05, 3.63) is 23.8 Å². The predicted octanol–water partition coefficient (Wildman–Crippen LogP) is 2.45. The maximum atomic E-state index is 11.8. The molecular formula is C15H25N3OS. The molecule has 0 aromatic heterocycles. The summed E-state index contributed by atoms with van der Waals surface area (Å²) in [4.78, 5) is 15.2. The number of carbonyl (C=O) groups is 1. The molecule has 0 saturated heterocycles. The van der Waals surface area contributed by atoms with E-state index in [9.17, 15) is 4.79 Å². The molecule has 0 fully saturated rings. The minimum atomic E-state index is -0.0434. The summed E-state index contributed by atoms with van der Waals surface area (Å²) in [6, 6.07) is 5.46. The highest BCUT2D eigenvalue weighted by Crippen LogP contribution is 2.26. The molecule has 0 bridgehead atoms. The number of rotatable bonds is 8. The number of nitrogens with zero attached hydrogens (tertiary/aromatic N) is 1. The first kappa shape index (κ1) is 16.9. The predicted molar refractivity (Wildman–Crippen MR) is 87.4 cm³/mol. The Morgan fingerprint density at radius 3 is 2.60 bits per heavy atom. The van der Waals surface area contributed by atoms with Crippen LogP contribution in [0, 0.1) is 0 Å². The van der Waals surface area contributed by atoms with E-state index in [1.807, 2.05) is 19.1 Å². The van der Waals surface area contributed by atoms with Gasteiger partial charge in [0.25, 0.3) is 5.91 Å². The fourth-order valence-corrected chi connectivity index (χ4v) is 2.90. The summed E-state index contributed by atoms with van der Waals surface area (Å²) >= 11 is 1.71. The molecule has 0 aliphatic rings. The third-order valence-corrected chi connectivity index (χ3v) is 4.22. The second-order valence-electron chi connectivity index (χ2n) is 4.49. The molecule has 3 N–H and O–H groups in total. The monoisotopic (exact) mass is 295 g/mol. The fraction of sp³-hybridized carbons (Fsp3) is 0.533. The zero-order valence-electron chi connectivity index (χ0n) is 12.6. The first-order valence-corrected chi connectivity index (χ1v) is 8.13. The van der Waals surface area contributed by atoms with Gasteiger partial charge in [-0.2, -0.15) is 0 Å². The lowest BCUT2D eigenvalue weighted by molar-refractivity contribution is 0.0955. The minimum absolute atomic E-state index is 0.0434. The van der Waals surface area contributed by atoms with Gasteiger partial charge in [-0.1, -0.05) is 13.8 Å². The largest absolute Gasteiger partial charge is 0.398 e. The molecule has 0 spiro atoms. The van der Waals surface area contributed by atoms with E-state index >= 15 is 0 Å². The molecular weight excluding hydrogens is 270 g/mol. The number of nitrogen functional groups attached to an aromatic ring is 1. The molecule has 112 valence electrons. The summed E-state index contributed by atoms with van der Waals surface area (Å²) in [6.07, 6.45) is 0. The van der Waals surface area contributed by atoms with Gasteiger partial charge in [0.15, 0.2) is 0 Å². The highest BCUT2D eigenvalue weighted by atomic mass is 32.2. The number of hydrogen-bond acceptors (Lipinski definition) is 4. The number of thioether (sulfide) groups is 1. The van der Waals surface area contributed by atoms with Crippen LogP contribution in [0.1, 0.15) is 31.1 Å². The average Bonchev–Trinajstić information content (AvgIpc) is 2.45. The van der Waals surface area contributed by atoms with E-state index in [1.54, 1.807) is 17.8 Å². The molecule has 0 unspecified atom stereocenters. The van der Waals surface area contributed by atoms with Crippen LogP contribution in [0.2, 0.25) is 0 Å². The molecule has 20 heavy (non-hydrogen) atoms. The summed E-state index contributed by atoms with van der Waals surface area (Å²) < 4.78 is 0. The van der Waals surface area contributed by atoms with E-state index in [1.165, 1.54) is 0 Å². The quantitative estimate of drug-likeness (QED) is 0.571. The molecule has 1 rings (SSSR count). The van der Waals surface area contributed by atoms with Gasteiger partial charge in [-0.25, -0.2) is 0 Å². The second-order valence-corrected chi connectivity index (χ2v) is 5.62. The Kier molecular flexibility index (Phi) is 7.47.